The molecule has 1 atom stereocenters. The van der Waals surface area contributed by atoms with E-state index in [1.807, 2.05) is 18.2 Å². The minimum Gasteiger partial charge on any atom is -0.337 e. The summed E-state index contributed by atoms with van der Waals surface area (Å²) >= 11 is 0. The molecule has 0 bridgehead atoms. The van der Waals surface area contributed by atoms with Gasteiger partial charge in [-0.3, -0.25) is 9.88 Å². The standard InChI is InChI=1S/C21H21FN4O/c22-16-5-1-4-14(12-16)15-9-10-18(23-13-15)20-24-21(27-25-20)19-8-3-11-26(19)17-6-2-7-17/h1,4-5,9-10,12-13,17,19H,2-3,6-8,11H2. The van der Waals surface area contributed by atoms with Gasteiger partial charge in [0.25, 0.3) is 0 Å². The Kier molecular flexibility index (Phi) is 4.20. The molecule has 1 aliphatic heterocycles. The van der Waals surface area contributed by atoms with Crippen LogP contribution < -0.4 is 0 Å². The Hall–Kier alpha value is -2.60. The highest BCUT2D eigenvalue weighted by molar-refractivity contribution is 5.64. The predicted molar refractivity (Wildman–Crippen MR) is 99.2 cm³/mol. The lowest BCUT2D eigenvalue weighted by molar-refractivity contribution is 0.0966. The maximum absolute atomic E-state index is 13.4. The van der Waals surface area contributed by atoms with Gasteiger partial charge >= 0.3 is 0 Å². The summed E-state index contributed by atoms with van der Waals surface area (Å²) in [6, 6.07) is 11.2. The van der Waals surface area contributed by atoms with E-state index in [0.29, 0.717) is 23.5 Å². The summed E-state index contributed by atoms with van der Waals surface area (Å²) in [6.45, 7) is 1.12. The second-order valence-electron chi connectivity index (χ2n) is 7.38. The minimum absolute atomic E-state index is 0.239. The quantitative estimate of drug-likeness (QED) is 0.676. The van der Waals surface area contributed by atoms with E-state index in [1.54, 1.807) is 12.3 Å². The fourth-order valence-corrected chi connectivity index (χ4v) is 4.05. The van der Waals surface area contributed by atoms with Gasteiger partial charge in [0.15, 0.2) is 0 Å². The first kappa shape index (κ1) is 16.6. The summed E-state index contributed by atoms with van der Waals surface area (Å²) in [7, 11) is 0. The van der Waals surface area contributed by atoms with E-state index in [9.17, 15) is 4.39 Å². The summed E-state index contributed by atoms with van der Waals surface area (Å²) in [5.41, 5.74) is 2.32. The lowest BCUT2D eigenvalue weighted by Crippen LogP contribution is -2.39. The van der Waals surface area contributed by atoms with Gasteiger partial charge in [-0.1, -0.05) is 29.8 Å². The maximum Gasteiger partial charge on any atom is 0.244 e. The van der Waals surface area contributed by atoms with Crippen LogP contribution in [0.1, 0.15) is 44.0 Å². The van der Waals surface area contributed by atoms with Crippen molar-refractivity contribution in [2.75, 3.05) is 6.54 Å². The Labute approximate surface area is 157 Å². The zero-order valence-electron chi connectivity index (χ0n) is 15.0. The van der Waals surface area contributed by atoms with Gasteiger partial charge in [0.05, 0.1) is 6.04 Å². The lowest BCUT2D eigenvalue weighted by atomic mass is 9.91. The second kappa shape index (κ2) is 6.85. The molecule has 27 heavy (non-hydrogen) atoms. The number of likely N-dealkylation sites (tertiary alicyclic amines) is 1. The molecule has 1 aliphatic carbocycles. The molecule has 6 heteroatoms. The molecule has 0 amide bonds. The van der Waals surface area contributed by atoms with Gasteiger partial charge in [-0.25, -0.2) is 4.39 Å². The number of hydrogen-bond acceptors (Lipinski definition) is 5. The van der Waals surface area contributed by atoms with E-state index >= 15 is 0 Å². The Morgan fingerprint density at radius 3 is 2.70 bits per heavy atom. The smallest absolute Gasteiger partial charge is 0.244 e. The molecule has 138 valence electrons. The van der Waals surface area contributed by atoms with Crippen LogP contribution in [0.2, 0.25) is 0 Å². The first-order valence-corrected chi connectivity index (χ1v) is 9.60. The summed E-state index contributed by atoms with van der Waals surface area (Å²) < 4.78 is 19.0. The molecular weight excluding hydrogens is 343 g/mol. The van der Waals surface area contributed by atoms with Crippen molar-refractivity contribution in [3.8, 4) is 22.6 Å². The highest BCUT2D eigenvalue weighted by atomic mass is 19.1. The number of aromatic nitrogens is 3. The zero-order chi connectivity index (χ0) is 18.2. The molecule has 0 spiro atoms. The lowest BCUT2D eigenvalue weighted by Gasteiger charge is -2.37. The molecule has 1 saturated heterocycles. The largest absolute Gasteiger partial charge is 0.337 e. The van der Waals surface area contributed by atoms with Crippen molar-refractivity contribution in [1.82, 2.24) is 20.0 Å². The predicted octanol–water partition coefficient (Wildman–Crippen LogP) is 4.63. The van der Waals surface area contributed by atoms with E-state index in [0.717, 1.165) is 24.1 Å². The third kappa shape index (κ3) is 3.14. The topological polar surface area (TPSA) is 55.1 Å². The number of benzene rings is 1. The van der Waals surface area contributed by atoms with Crippen LogP contribution >= 0.6 is 0 Å². The van der Waals surface area contributed by atoms with Gasteiger partial charge in [-0.2, -0.15) is 4.98 Å². The molecule has 1 unspecified atom stereocenters. The van der Waals surface area contributed by atoms with E-state index in [2.05, 4.69) is 20.0 Å². The van der Waals surface area contributed by atoms with Crippen LogP contribution in [-0.4, -0.2) is 32.6 Å². The van der Waals surface area contributed by atoms with Crippen LogP contribution in [0.25, 0.3) is 22.6 Å². The van der Waals surface area contributed by atoms with Crippen molar-refractivity contribution in [2.24, 2.45) is 0 Å². The number of rotatable bonds is 4. The van der Waals surface area contributed by atoms with Gasteiger partial charge in [0.2, 0.25) is 11.7 Å². The van der Waals surface area contributed by atoms with Gasteiger partial charge in [0.1, 0.15) is 11.5 Å². The van der Waals surface area contributed by atoms with Crippen molar-refractivity contribution >= 4 is 0 Å². The molecule has 5 nitrogen and oxygen atoms in total. The Bertz CT molecular complexity index is 935. The minimum atomic E-state index is -0.257. The molecule has 5 rings (SSSR count). The normalized spacial score (nSPS) is 20.7. The molecular formula is C21H21FN4O. The fourth-order valence-electron chi connectivity index (χ4n) is 4.05. The summed E-state index contributed by atoms with van der Waals surface area (Å²) in [6.07, 6.45) is 7.85. The SMILES string of the molecule is Fc1cccc(-c2ccc(-c3noc(C4CCCN4C4CCC4)n3)nc2)c1. The van der Waals surface area contributed by atoms with Crippen LogP contribution in [0.4, 0.5) is 4.39 Å². The first-order chi connectivity index (χ1) is 13.3. The summed E-state index contributed by atoms with van der Waals surface area (Å²) in [5, 5.41) is 4.15. The van der Waals surface area contributed by atoms with Crippen LogP contribution in [0.15, 0.2) is 47.1 Å². The van der Waals surface area contributed by atoms with Crippen molar-refractivity contribution in [3.63, 3.8) is 0 Å². The monoisotopic (exact) mass is 364 g/mol. The summed E-state index contributed by atoms with van der Waals surface area (Å²) in [5.74, 6) is 0.952. The Morgan fingerprint density at radius 1 is 1.04 bits per heavy atom. The molecule has 0 N–H and O–H groups in total. The molecule has 2 aromatic heterocycles. The average Bonchev–Trinajstić information content (AvgIpc) is 3.30. The third-order valence-corrected chi connectivity index (χ3v) is 5.72. The van der Waals surface area contributed by atoms with E-state index < -0.39 is 0 Å². The van der Waals surface area contributed by atoms with Crippen LogP contribution in [0.5, 0.6) is 0 Å². The molecule has 2 aliphatic rings. The van der Waals surface area contributed by atoms with Crippen LogP contribution in [-0.2, 0) is 0 Å². The van der Waals surface area contributed by atoms with Crippen molar-refractivity contribution in [1.29, 1.82) is 0 Å². The third-order valence-electron chi connectivity index (χ3n) is 5.72. The molecule has 3 heterocycles. The van der Waals surface area contributed by atoms with Gasteiger partial charge in [0, 0.05) is 17.8 Å². The second-order valence-corrected chi connectivity index (χ2v) is 7.38. The molecule has 3 aromatic rings. The highest BCUT2D eigenvalue weighted by Gasteiger charge is 2.37. The molecule has 1 saturated carbocycles. The average molecular weight is 364 g/mol. The molecule has 0 radical (unpaired) electrons. The van der Waals surface area contributed by atoms with E-state index in [-0.39, 0.29) is 11.9 Å². The molecule has 2 fully saturated rings. The Balaban J connectivity index is 1.36. The fraction of sp³-hybridized carbons (Fsp3) is 0.381. The van der Waals surface area contributed by atoms with Crippen LogP contribution in [0, 0.1) is 5.82 Å². The highest BCUT2D eigenvalue weighted by Crippen LogP contribution is 2.38. The first-order valence-electron chi connectivity index (χ1n) is 9.60. The van der Waals surface area contributed by atoms with Gasteiger partial charge in [-0.05, 0) is 56.0 Å². The number of hydrogen-bond donors (Lipinski definition) is 0. The van der Waals surface area contributed by atoms with Crippen molar-refractivity contribution in [2.45, 2.75) is 44.2 Å². The van der Waals surface area contributed by atoms with Gasteiger partial charge in [-0.15, -0.1) is 0 Å². The molecule has 1 aromatic carbocycles. The van der Waals surface area contributed by atoms with Crippen LogP contribution in [0.3, 0.4) is 0 Å². The number of pyridine rings is 1. The number of halogens is 1. The maximum atomic E-state index is 13.4. The Morgan fingerprint density at radius 2 is 1.96 bits per heavy atom. The number of nitrogens with zero attached hydrogens (tertiary/aromatic N) is 4. The van der Waals surface area contributed by atoms with Crippen molar-refractivity contribution < 1.29 is 8.91 Å². The zero-order valence-corrected chi connectivity index (χ0v) is 15.0. The van der Waals surface area contributed by atoms with E-state index in [1.165, 1.54) is 37.8 Å². The van der Waals surface area contributed by atoms with E-state index in [4.69, 9.17) is 4.52 Å². The van der Waals surface area contributed by atoms with Crippen molar-refractivity contribution in [3.05, 3.63) is 54.3 Å². The summed E-state index contributed by atoms with van der Waals surface area (Å²) in [4.78, 5) is 11.6. The van der Waals surface area contributed by atoms with Gasteiger partial charge < -0.3 is 4.52 Å².